The van der Waals surface area contributed by atoms with Crippen molar-refractivity contribution in [1.82, 2.24) is 5.32 Å². The zero-order valence-corrected chi connectivity index (χ0v) is 11.5. The molecule has 0 unspecified atom stereocenters. The van der Waals surface area contributed by atoms with E-state index in [0.717, 1.165) is 5.56 Å². The van der Waals surface area contributed by atoms with Gasteiger partial charge in [-0.15, -0.1) is 0 Å². The molecule has 0 saturated heterocycles. The molecule has 0 fully saturated rings. The molecule has 0 amide bonds. The second-order valence-corrected chi connectivity index (χ2v) is 4.65. The number of benzene rings is 2. The molecule has 2 aromatic rings. The molecule has 5 heteroatoms. The van der Waals surface area contributed by atoms with Crippen LogP contribution in [0.25, 0.3) is 0 Å². The summed E-state index contributed by atoms with van der Waals surface area (Å²) in [6.45, 7) is 0.589. The lowest BCUT2D eigenvalue weighted by Crippen LogP contribution is -2.30. The van der Waals surface area contributed by atoms with Crippen molar-refractivity contribution < 1.29 is 8.78 Å². The van der Waals surface area contributed by atoms with E-state index in [1.807, 2.05) is 0 Å². The molecule has 2 N–H and O–H groups in total. The van der Waals surface area contributed by atoms with Crippen LogP contribution in [-0.4, -0.2) is 11.7 Å². The lowest BCUT2D eigenvalue weighted by molar-refractivity contribution is 0.627. The Bertz CT molecular complexity index is 585. The molecule has 0 atom stereocenters. The van der Waals surface area contributed by atoms with Crippen molar-refractivity contribution >= 4 is 23.0 Å². The first-order valence-electron chi connectivity index (χ1n) is 6.19. The summed E-state index contributed by atoms with van der Waals surface area (Å²) in [7, 11) is 0. The van der Waals surface area contributed by atoms with Crippen LogP contribution in [0.2, 0.25) is 0 Å². The summed E-state index contributed by atoms with van der Waals surface area (Å²) in [5, 5.41) is 6.13. The predicted molar refractivity (Wildman–Crippen MR) is 80.7 cm³/mol. The van der Waals surface area contributed by atoms with Crippen LogP contribution in [0.1, 0.15) is 5.56 Å². The maximum atomic E-state index is 13.4. The summed E-state index contributed by atoms with van der Waals surface area (Å²) in [5.74, 6) is -0.603. The molecule has 0 aliphatic carbocycles. The molecule has 0 bridgehead atoms. The van der Waals surface area contributed by atoms with Crippen molar-refractivity contribution in [2.24, 2.45) is 0 Å². The highest BCUT2D eigenvalue weighted by Crippen LogP contribution is 2.11. The van der Waals surface area contributed by atoms with Crippen molar-refractivity contribution in [1.29, 1.82) is 0 Å². The average Bonchev–Trinajstić information content (AvgIpc) is 2.44. The van der Waals surface area contributed by atoms with Crippen LogP contribution in [0.5, 0.6) is 0 Å². The van der Waals surface area contributed by atoms with Crippen LogP contribution in [0.15, 0.2) is 48.5 Å². The zero-order chi connectivity index (χ0) is 14.4. The van der Waals surface area contributed by atoms with E-state index < -0.39 is 0 Å². The quantitative estimate of drug-likeness (QED) is 0.844. The van der Waals surface area contributed by atoms with E-state index in [2.05, 4.69) is 10.6 Å². The van der Waals surface area contributed by atoms with Crippen LogP contribution < -0.4 is 10.6 Å². The molecule has 0 spiro atoms. The van der Waals surface area contributed by atoms with E-state index in [-0.39, 0.29) is 11.6 Å². The number of hydrogen-bond acceptors (Lipinski definition) is 1. The minimum Gasteiger partial charge on any atom is -0.362 e. The van der Waals surface area contributed by atoms with Crippen LogP contribution in [0.3, 0.4) is 0 Å². The fraction of sp³-hybridized carbons (Fsp3) is 0.133. The number of rotatable bonds is 4. The maximum Gasteiger partial charge on any atom is 0.170 e. The van der Waals surface area contributed by atoms with E-state index >= 15 is 0 Å². The van der Waals surface area contributed by atoms with Gasteiger partial charge in [0.05, 0.1) is 5.69 Å². The highest BCUT2D eigenvalue weighted by Gasteiger charge is 2.02. The normalized spacial score (nSPS) is 10.1. The van der Waals surface area contributed by atoms with E-state index in [0.29, 0.717) is 23.8 Å². The second-order valence-electron chi connectivity index (χ2n) is 4.24. The van der Waals surface area contributed by atoms with Crippen molar-refractivity contribution in [2.75, 3.05) is 11.9 Å². The summed E-state index contributed by atoms with van der Waals surface area (Å²) >= 11 is 5.08. The fourth-order valence-corrected chi connectivity index (χ4v) is 1.91. The summed E-state index contributed by atoms with van der Waals surface area (Å²) in [6, 6.07) is 12.6. The zero-order valence-electron chi connectivity index (χ0n) is 10.7. The van der Waals surface area contributed by atoms with Gasteiger partial charge in [0.2, 0.25) is 0 Å². The molecule has 20 heavy (non-hydrogen) atoms. The second kappa shape index (κ2) is 6.96. The SMILES string of the molecule is Fc1ccc(CCNC(=S)Nc2ccccc2F)cc1. The topological polar surface area (TPSA) is 24.1 Å². The molecule has 0 heterocycles. The molecule has 2 rings (SSSR count). The average molecular weight is 292 g/mol. The van der Waals surface area contributed by atoms with Gasteiger partial charge in [-0.2, -0.15) is 0 Å². The largest absolute Gasteiger partial charge is 0.362 e. The van der Waals surface area contributed by atoms with Gasteiger partial charge in [-0.25, -0.2) is 8.78 Å². The van der Waals surface area contributed by atoms with Crippen LogP contribution >= 0.6 is 12.2 Å². The molecule has 104 valence electrons. The van der Waals surface area contributed by atoms with Crippen molar-refractivity contribution in [2.45, 2.75) is 6.42 Å². The van der Waals surface area contributed by atoms with Crippen LogP contribution in [0.4, 0.5) is 14.5 Å². The van der Waals surface area contributed by atoms with Gasteiger partial charge in [0.25, 0.3) is 0 Å². The predicted octanol–water partition coefficient (Wildman–Crippen LogP) is 3.49. The van der Waals surface area contributed by atoms with Gasteiger partial charge in [-0.05, 0) is 48.5 Å². The molecule has 0 aliphatic heterocycles. The standard InChI is InChI=1S/C15H14F2N2S/c16-12-7-5-11(6-8-12)9-10-18-15(20)19-14-4-2-1-3-13(14)17/h1-8H,9-10H2,(H2,18,19,20). The first kappa shape index (κ1) is 14.4. The maximum absolute atomic E-state index is 13.4. The summed E-state index contributed by atoms with van der Waals surface area (Å²) in [6.07, 6.45) is 0.708. The molecule has 0 aliphatic rings. The van der Waals surface area contributed by atoms with Gasteiger partial charge in [-0.3, -0.25) is 0 Å². The van der Waals surface area contributed by atoms with Crippen molar-refractivity contribution in [3.8, 4) is 0 Å². The van der Waals surface area contributed by atoms with Gasteiger partial charge >= 0.3 is 0 Å². The number of para-hydroxylation sites is 1. The van der Waals surface area contributed by atoms with Gasteiger partial charge in [0, 0.05) is 6.54 Å². The molecule has 0 saturated carbocycles. The van der Waals surface area contributed by atoms with Gasteiger partial charge < -0.3 is 10.6 Å². The summed E-state index contributed by atoms with van der Waals surface area (Å²) in [4.78, 5) is 0. The number of anilines is 1. The first-order chi connectivity index (χ1) is 9.65. The Morgan fingerprint density at radius 2 is 1.70 bits per heavy atom. The monoisotopic (exact) mass is 292 g/mol. The van der Waals surface area contributed by atoms with Crippen LogP contribution in [0, 0.1) is 11.6 Å². The molecule has 0 aromatic heterocycles. The molecule has 2 aromatic carbocycles. The molecular weight excluding hydrogens is 278 g/mol. The number of thiocarbonyl (C=S) groups is 1. The van der Waals surface area contributed by atoms with Gasteiger partial charge in [0.15, 0.2) is 5.11 Å². The van der Waals surface area contributed by atoms with E-state index in [1.165, 1.54) is 18.2 Å². The third-order valence-electron chi connectivity index (χ3n) is 2.73. The third-order valence-corrected chi connectivity index (χ3v) is 2.98. The van der Waals surface area contributed by atoms with Crippen LogP contribution in [-0.2, 0) is 6.42 Å². The lowest BCUT2D eigenvalue weighted by Gasteiger charge is -2.11. The van der Waals surface area contributed by atoms with Crippen molar-refractivity contribution in [3.05, 3.63) is 65.7 Å². The van der Waals surface area contributed by atoms with E-state index in [1.54, 1.807) is 30.3 Å². The first-order valence-corrected chi connectivity index (χ1v) is 6.60. The van der Waals surface area contributed by atoms with Gasteiger partial charge in [0.1, 0.15) is 11.6 Å². The molecular formula is C15H14F2N2S. The molecule has 0 radical (unpaired) electrons. The smallest absolute Gasteiger partial charge is 0.170 e. The van der Waals surface area contributed by atoms with E-state index in [9.17, 15) is 8.78 Å². The lowest BCUT2D eigenvalue weighted by atomic mass is 10.1. The Morgan fingerprint density at radius 3 is 2.40 bits per heavy atom. The van der Waals surface area contributed by atoms with Gasteiger partial charge in [-0.1, -0.05) is 24.3 Å². The van der Waals surface area contributed by atoms with E-state index in [4.69, 9.17) is 12.2 Å². The number of halogens is 2. The Balaban J connectivity index is 1.78. The Hall–Kier alpha value is -2.01. The highest BCUT2D eigenvalue weighted by molar-refractivity contribution is 7.80. The number of nitrogens with one attached hydrogen (secondary N) is 2. The van der Waals surface area contributed by atoms with Crippen molar-refractivity contribution in [3.63, 3.8) is 0 Å². The summed E-state index contributed by atoms with van der Waals surface area (Å²) < 4.78 is 26.1. The summed E-state index contributed by atoms with van der Waals surface area (Å²) in [5.41, 5.74) is 1.35. The Morgan fingerprint density at radius 1 is 1.00 bits per heavy atom. The Labute approximate surface area is 121 Å². The molecule has 2 nitrogen and oxygen atoms in total. The highest BCUT2D eigenvalue weighted by atomic mass is 32.1. The minimum absolute atomic E-state index is 0.251. The fourth-order valence-electron chi connectivity index (χ4n) is 1.70. The number of hydrogen-bond donors (Lipinski definition) is 2. The Kier molecular flexibility index (Phi) is 5.01. The minimum atomic E-state index is -0.352. The third kappa shape index (κ3) is 4.28.